The molecule has 2 nitrogen and oxygen atoms in total. The van der Waals surface area contributed by atoms with Crippen molar-refractivity contribution in [1.29, 1.82) is 0 Å². The van der Waals surface area contributed by atoms with Crippen LogP contribution in [0.1, 0.15) is 0 Å². The average Bonchev–Trinajstić information content (AvgIpc) is 2.45. The molecule has 0 saturated carbocycles. The summed E-state index contributed by atoms with van der Waals surface area (Å²) in [6.45, 7) is 0. The largest absolute Gasteiger partial charge is 0.448 e. The second-order valence-electron chi connectivity index (χ2n) is 3.81. The van der Waals surface area contributed by atoms with Gasteiger partial charge in [0.05, 0.1) is 15.1 Å². The van der Waals surface area contributed by atoms with E-state index in [4.69, 9.17) is 79.1 Å². The Hall–Kier alpha value is -0.220. The molecule has 20 heavy (non-hydrogen) atoms. The first-order chi connectivity index (χ1) is 9.41. The molecule has 0 bridgehead atoms. The predicted octanol–water partition coefficient (Wildman–Crippen LogP) is 7.50. The van der Waals surface area contributed by atoms with Crippen LogP contribution in [0.2, 0.25) is 30.1 Å². The van der Waals surface area contributed by atoms with Crippen molar-refractivity contribution in [2.45, 2.75) is 0 Å². The summed E-state index contributed by atoms with van der Waals surface area (Å²) >= 11 is 36.1. The van der Waals surface area contributed by atoms with Gasteiger partial charge in [-0.3, -0.25) is 0 Å². The maximum Gasteiger partial charge on any atom is 0.191 e. The quantitative estimate of drug-likeness (QED) is 0.292. The van der Waals surface area contributed by atoms with E-state index in [0.717, 1.165) is 0 Å². The van der Waals surface area contributed by atoms with Gasteiger partial charge in [0.25, 0.3) is 0 Å². The fourth-order valence-electron chi connectivity index (χ4n) is 1.68. The minimum atomic E-state index is 0.0716. The zero-order valence-electron chi connectivity index (χ0n) is 9.24. The third kappa shape index (κ3) is 2.10. The van der Waals surface area contributed by atoms with Crippen molar-refractivity contribution in [3.05, 3.63) is 42.3 Å². The summed E-state index contributed by atoms with van der Waals surface area (Å²) < 4.78 is 11.3. The van der Waals surface area contributed by atoms with Crippen LogP contribution in [-0.4, -0.2) is 0 Å². The maximum absolute atomic E-state index is 6.09. The van der Waals surface area contributed by atoms with E-state index < -0.39 is 0 Å². The van der Waals surface area contributed by atoms with E-state index in [1.807, 2.05) is 0 Å². The van der Waals surface area contributed by atoms with Gasteiger partial charge in [-0.25, -0.2) is 0 Å². The molecule has 1 heterocycles. The molecule has 0 atom stereocenters. The molecule has 2 aromatic rings. The summed E-state index contributed by atoms with van der Waals surface area (Å²) in [6, 6.07) is 3.17. The van der Waals surface area contributed by atoms with Crippen LogP contribution in [0.5, 0.6) is 23.0 Å². The zero-order valence-corrected chi connectivity index (χ0v) is 13.8. The first-order valence-corrected chi connectivity index (χ1v) is 7.38. The second kappa shape index (κ2) is 5.20. The topological polar surface area (TPSA) is 18.5 Å². The lowest BCUT2D eigenvalue weighted by atomic mass is 10.2. The van der Waals surface area contributed by atoms with Crippen molar-refractivity contribution < 1.29 is 9.47 Å². The Morgan fingerprint density at radius 1 is 0.550 bits per heavy atom. The van der Waals surface area contributed by atoms with E-state index in [1.54, 1.807) is 12.1 Å². The molecule has 0 amide bonds. The Labute approximate surface area is 144 Å². The summed E-state index contributed by atoms with van der Waals surface area (Å²) in [5.41, 5.74) is 0. The molecule has 0 aromatic heterocycles. The van der Waals surface area contributed by atoms with Crippen LogP contribution in [0, 0.1) is 0 Å². The Morgan fingerprint density at radius 2 is 1.10 bits per heavy atom. The predicted molar refractivity (Wildman–Crippen MR) is 83.1 cm³/mol. The van der Waals surface area contributed by atoms with Crippen molar-refractivity contribution in [3.63, 3.8) is 0 Å². The van der Waals surface area contributed by atoms with E-state index in [1.165, 1.54) is 0 Å². The first kappa shape index (κ1) is 14.7. The van der Waals surface area contributed by atoms with Gasteiger partial charge in [0.2, 0.25) is 0 Å². The van der Waals surface area contributed by atoms with E-state index in [9.17, 15) is 0 Å². The smallest absolute Gasteiger partial charge is 0.191 e. The fraction of sp³-hybridized carbons (Fsp3) is 0. The fourth-order valence-corrected chi connectivity index (χ4v) is 2.91. The normalized spacial score (nSPS) is 12.3. The number of rotatable bonds is 0. The summed E-state index contributed by atoms with van der Waals surface area (Å²) in [7, 11) is 0. The molecule has 1 aliphatic rings. The second-order valence-corrected chi connectivity index (χ2v) is 6.10. The molecule has 0 fully saturated rings. The Bertz CT molecular complexity index is 744. The highest BCUT2D eigenvalue weighted by Gasteiger charge is 2.30. The lowest BCUT2D eigenvalue weighted by molar-refractivity contribution is 0.360. The molecular weight excluding hydrogens is 389 g/mol. The molecular formula is C12H2Cl6O2. The highest BCUT2D eigenvalue weighted by Crippen LogP contribution is 2.58. The summed E-state index contributed by atoms with van der Waals surface area (Å²) in [4.78, 5) is 0. The number of hydrogen-bond donors (Lipinski definition) is 0. The molecule has 104 valence electrons. The summed E-state index contributed by atoms with van der Waals surface area (Å²) in [6.07, 6.45) is 0. The highest BCUT2D eigenvalue weighted by atomic mass is 35.5. The van der Waals surface area contributed by atoms with Crippen molar-refractivity contribution in [2.75, 3.05) is 0 Å². The van der Waals surface area contributed by atoms with Gasteiger partial charge in [-0.15, -0.1) is 0 Å². The minimum Gasteiger partial charge on any atom is -0.448 e. The van der Waals surface area contributed by atoms with Crippen LogP contribution >= 0.6 is 69.6 Å². The lowest BCUT2D eigenvalue weighted by Crippen LogP contribution is -2.01. The molecule has 1 aliphatic heterocycles. The van der Waals surface area contributed by atoms with Gasteiger partial charge < -0.3 is 9.47 Å². The van der Waals surface area contributed by atoms with Gasteiger partial charge >= 0.3 is 0 Å². The molecule has 3 rings (SSSR count). The van der Waals surface area contributed by atoms with E-state index in [-0.39, 0.29) is 42.4 Å². The van der Waals surface area contributed by atoms with Crippen LogP contribution in [0.3, 0.4) is 0 Å². The molecule has 0 aliphatic carbocycles. The first-order valence-electron chi connectivity index (χ1n) is 5.11. The van der Waals surface area contributed by atoms with Crippen LogP contribution in [0.25, 0.3) is 0 Å². The molecule has 0 radical (unpaired) electrons. The number of halogens is 6. The van der Waals surface area contributed by atoms with Gasteiger partial charge in [-0.2, -0.15) is 0 Å². The lowest BCUT2D eigenvalue weighted by Gasteiger charge is -2.24. The standard InChI is InChI=1S/C12H2Cl6O2/c13-3-1-2-4-10(5(3)14)20-12-9(18)7(16)6(15)8(17)11(12)19-4/h1-2H. The molecule has 0 unspecified atom stereocenters. The van der Waals surface area contributed by atoms with Crippen LogP contribution in [0.15, 0.2) is 12.1 Å². The van der Waals surface area contributed by atoms with Gasteiger partial charge in [0.1, 0.15) is 15.1 Å². The van der Waals surface area contributed by atoms with Crippen molar-refractivity contribution in [3.8, 4) is 23.0 Å². The number of hydrogen-bond acceptors (Lipinski definition) is 2. The monoisotopic (exact) mass is 388 g/mol. The van der Waals surface area contributed by atoms with Gasteiger partial charge in [0.15, 0.2) is 23.0 Å². The molecule has 0 spiro atoms. The summed E-state index contributed by atoms with van der Waals surface area (Å²) in [5, 5.41) is 0.866. The SMILES string of the molecule is Clc1ccc2c(c1Cl)Oc1c(Cl)c(Cl)c(Cl)c(Cl)c1O2. The van der Waals surface area contributed by atoms with Gasteiger partial charge in [-0.1, -0.05) is 69.6 Å². The molecule has 2 aromatic carbocycles. The van der Waals surface area contributed by atoms with Crippen LogP contribution < -0.4 is 9.47 Å². The molecule has 0 saturated heterocycles. The Kier molecular flexibility index (Phi) is 3.83. The van der Waals surface area contributed by atoms with E-state index in [0.29, 0.717) is 10.8 Å². The van der Waals surface area contributed by atoms with E-state index >= 15 is 0 Å². The Balaban J connectivity index is 2.26. The number of benzene rings is 2. The van der Waals surface area contributed by atoms with Crippen molar-refractivity contribution in [2.24, 2.45) is 0 Å². The minimum absolute atomic E-state index is 0.0716. The Morgan fingerprint density at radius 3 is 1.70 bits per heavy atom. The maximum atomic E-state index is 6.09. The van der Waals surface area contributed by atoms with Crippen LogP contribution in [0.4, 0.5) is 0 Å². The van der Waals surface area contributed by atoms with Crippen molar-refractivity contribution >= 4 is 69.6 Å². The van der Waals surface area contributed by atoms with Crippen molar-refractivity contribution in [1.82, 2.24) is 0 Å². The zero-order chi connectivity index (χ0) is 14.6. The molecule has 0 N–H and O–H groups in total. The third-order valence-electron chi connectivity index (χ3n) is 2.61. The van der Waals surface area contributed by atoms with Gasteiger partial charge in [0, 0.05) is 0 Å². The third-order valence-corrected chi connectivity index (χ3v) is 5.17. The highest BCUT2D eigenvalue weighted by molar-refractivity contribution is 6.53. The summed E-state index contributed by atoms with van der Waals surface area (Å²) in [5.74, 6) is 0.908. The number of fused-ring (bicyclic) bond motifs is 2. The number of ether oxygens (including phenoxy) is 2. The molecule has 8 heteroatoms. The van der Waals surface area contributed by atoms with Gasteiger partial charge in [-0.05, 0) is 12.1 Å². The van der Waals surface area contributed by atoms with E-state index in [2.05, 4.69) is 0 Å². The van der Waals surface area contributed by atoms with Crippen LogP contribution in [-0.2, 0) is 0 Å². The average molecular weight is 391 g/mol.